The Bertz CT molecular complexity index is 484. The molecule has 0 radical (unpaired) electrons. The smallest absolute Gasteiger partial charge is 0.239 e. The van der Waals surface area contributed by atoms with E-state index < -0.39 is 0 Å². The van der Waals surface area contributed by atoms with Crippen LogP contribution in [0.2, 0.25) is 0 Å². The van der Waals surface area contributed by atoms with Gasteiger partial charge < -0.3 is 9.64 Å². The molecular weight excluding hydrogens is 298 g/mol. The van der Waals surface area contributed by atoms with Gasteiger partial charge in [-0.2, -0.15) is 0 Å². The van der Waals surface area contributed by atoms with Crippen LogP contribution in [0.1, 0.15) is 25.0 Å². The molecule has 0 bridgehead atoms. The van der Waals surface area contributed by atoms with Gasteiger partial charge in [-0.25, -0.2) is 0 Å². The second-order valence-corrected chi connectivity index (χ2v) is 6.04. The van der Waals surface area contributed by atoms with Crippen LogP contribution in [0, 0.1) is 0 Å². The molecule has 108 valence electrons. The van der Waals surface area contributed by atoms with Gasteiger partial charge in [-0.15, -0.1) is 11.6 Å². The Hall–Kier alpha value is -1.04. The van der Waals surface area contributed by atoms with Gasteiger partial charge in [-0.1, -0.05) is 23.9 Å². The lowest BCUT2D eigenvalue weighted by Gasteiger charge is -2.32. The topological polar surface area (TPSA) is 46.6 Å². The van der Waals surface area contributed by atoms with Crippen LogP contribution in [0.15, 0.2) is 29.2 Å². The Kier molecular flexibility index (Phi) is 5.46. The van der Waals surface area contributed by atoms with Crippen molar-refractivity contribution in [3.05, 3.63) is 29.8 Å². The van der Waals surface area contributed by atoms with Crippen molar-refractivity contribution in [1.29, 1.82) is 0 Å². The molecule has 1 atom stereocenters. The van der Waals surface area contributed by atoms with Gasteiger partial charge in [-0.05, 0) is 24.1 Å². The van der Waals surface area contributed by atoms with E-state index in [-0.39, 0.29) is 29.7 Å². The predicted molar refractivity (Wildman–Crippen MR) is 78.7 cm³/mol. The number of nitrogens with zero attached hydrogens (tertiary/aromatic N) is 1. The number of thioether (sulfide) groups is 1. The fraction of sp³-hybridized carbons (Fsp3) is 0.429. The van der Waals surface area contributed by atoms with E-state index in [4.69, 9.17) is 16.3 Å². The summed E-state index contributed by atoms with van der Waals surface area (Å²) in [6.07, 6.45) is 0.743. The third kappa shape index (κ3) is 3.98. The molecule has 2 rings (SSSR count). The molecule has 1 aromatic carbocycles. The van der Waals surface area contributed by atoms with Gasteiger partial charge in [0, 0.05) is 18.4 Å². The van der Waals surface area contributed by atoms with Crippen molar-refractivity contribution in [3.8, 4) is 0 Å². The van der Waals surface area contributed by atoms with E-state index in [9.17, 15) is 9.59 Å². The van der Waals surface area contributed by atoms with Crippen molar-refractivity contribution in [2.75, 3.05) is 19.2 Å². The van der Waals surface area contributed by atoms with Gasteiger partial charge in [0.2, 0.25) is 5.91 Å². The number of carbonyl (C=O) groups is 2. The van der Waals surface area contributed by atoms with E-state index in [2.05, 4.69) is 0 Å². The maximum atomic E-state index is 11.4. The Balaban J connectivity index is 1.93. The number of benzene rings is 1. The molecule has 1 aliphatic heterocycles. The monoisotopic (exact) mass is 313 g/mol. The summed E-state index contributed by atoms with van der Waals surface area (Å²) in [4.78, 5) is 25.0. The van der Waals surface area contributed by atoms with Gasteiger partial charge in [0.1, 0.15) is 12.6 Å². The minimum Gasteiger partial charge on any atom is -0.353 e. The molecule has 0 spiro atoms. The highest BCUT2D eigenvalue weighted by Crippen LogP contribution is 2.28. The summed E-state index contributed by atoms with van der Waals surface area (Å²) in [6, 6.07) is 7.77. The molecule has 0 aliphatic carbocycles. The Morgan fingerprint density at radius 3 is 2.60 bits per heavy atom. The summed E-state index contributed by atoms with van der Waals surface area (Å²) in [5.74, 6) is -0.108. The SMILES string of the molecule is CC(=O)Sc1ccc(C2CCN(C(=O)CCl)CO2)cc1. The lowest BCUT2D eigenvalue weighted by molar-refractivity contribution is -0.143. The predicted octanol–water partition coefficient (Wildman–Crippen LogP) is 2.81. The van der Waals surface area contributed by atoms with E-state index in [1.165, 1.54) is 11.8 Å². The lowest BCUT2D eigenvalue weighted by atomic mass is 10.1. The highest BCUT2D eigenvalue weighted by atomic mass is 35.5. The third-order valence-corrected chi connectivity index (χ3v) is 4.10. The zero-order valence-electron chi connectivity index (χ0n) is 11.2. The molecule has 1 fully saturated rings. The highest BCUT2D eigenvalue weighted by Gasteiger charge is 2.23. The molecular formula is C14H16ClNO3S. The van der Waals surface area contributed by atoms with E-state index in [0.29, 0.717) is 6.54 Å². The van der Waals surface area contributed by atoms with Crippen LogP contribution in [-0.2, 0) is 14.3 Å². The van der Waals surface area contributed by atoms with Crippen LogP contribution < -0.4 is 0 Å². The van der Waals surface area contributed by atoms with E-state index >= 15 is 0 Å². The summed E-state index contributed by atoms with van der Waals surface area (Å²) in [5, 5.41) is 0.0712. The molecule has 1 amide bonds. The first-order valence-electron chi connectivity index (χ1n) is 6.34. The number of alkyl halides is 1. The summed E-state index contributed by atoms with van der Waals surface area (Å²) in [6.45, 7) is 2.48. The number of rotatable bonds is 3. The summed E-state index contributed by atoms with van der Waals surface area (Å²) >= 11 is 6.73. The van der Waals surface area contributed by atoms with E-state index in [0.717, 1.165) is 16.9 Å². The molecule has 6 heteroatoms. The van der Waals surface area contributed by atoms with Crippen LogP contribution in [0.25, 0.3) is 0 Å². The Morgan fingerprint density at radius 2 is 2.10 bits per heavy atom. The Morgan fingerprint density at radius 1 is 1.40 bits per heavy atom. The second-order valence-electron chi connectivity index (χ2n) is 4.53. The molecule has 0 aromatic heterocycles. The molecule has 20 heavy (non-hydrogen) atoms. The van der Waals surface area contributed by atoms with Gasteiger partial charge in [0.05, 0.1) is 6.10 Å². The fourth-order valence-electron chi connectivity index (χ4n) is 2.06. The van der Waals surface area contributed by atoms with Crippen LogP contribution in [0.3, 0.4) is 0 Å². The molecule has 0 saturated carbocycles. The van der Waals surface area contributed by atoms with Crippen LogP contribution in [-0.4, -0.2) is 35.1 Å². The summed E-state index contributed by atoms with van der Waals surface area (Å²) in [5.41, 5.74) is 1.07. The molecule has 1 aliphatic rings. The van der Waals surface area contributed by atoms with Gasteiger partial charge in [-0.3, -0.25) is 9.59 Å². The first kappa shape index (κ1) is 15.4. The summed E-state index contributed by atoms with van der Waals surface area (Å²) < 4.78 is 5.69. The van der Waals surface area contributed by atoms with Crippen LogP contribution in [0.5, 0.6) is 0 Å². The minimum atomic E-state index is -0.0988. The van der Waals surface area contributed by atoms with Crippen molar-refractivity contribution in [2.45, 2.75) is 24.3 Å². The molecule has 1 unspecified atom stereocenters. The number of amides is 1. The van der Waals surface area contributed by atoms with Gasteiger partial charge >= 0.3 is 0 Å². The number of carbonyl (C=O) groups excluding carboxylic acids is 2. The standard InChI is InChI=1S/C14H16ClNO3S/c1-10(17)20-12-4-2-11(3-5-12)13-6-7-16(9-19-13)14(18)8-15/h2-5,13H,6-9H2,1H3. The molecule has 4 nitrogen and oxygen atoms in total. The normalized spacial score (nSPS) is 18.9. The Labute approximate surface area is 127 Å². The van der Waals surface area contributed by atoms with E-state index in [1.807, 2.05) is 24.3 Å². The lowest BCUT2D eigenvalue weighted by Crippen LogP contribution is -2.39. The average molecular weight is 314 g/mol. The molecule has 1 aromatic rings. The first-order valence-corrected chi connectivity index (χ1v) is 7.69. The fourth-order valence-corrected chi connectivity index (χ4v) is 2.83. The zero-order valence-corrected chi connectivity index (χ0v) is 12.7. The second kappa shape index (κ2) is 7.11. The molecule has 1 saturated heterocycles. The first-order chi connectivity index (χ1) is 9.60. The molecule has 0 N–H and O–H groups in total. The van der Waals surface area contributed by atoms with E-state index in [1.54, 1.807) is 11.8 Å². The number of ether oxygens (including phenoxy) is 1. The van der Waals surface area contributed by atoms with Gasteiger partial charge in [0.15, 0.2) is 5.12 Å². The maximum Gasteiger partial charge on any atom is 0.239 e. The van der Waals surface area contributed by atoms with Crippen molar-refractivity contribution in [2.24, 2.45) is 0 Å². The third-order valence-electron chi connectivity index (χ3n) is 3.07. The quantitative estimate of drug-likeness (QED) is 0.636. The van der Waals surface area contributed by atoms with Crippen molar-refractivity contribution >= 4 is 34.4 Å². The molecule has 1 heterocycles. The van der Waals surface area contributed by atoms with Crippen LogP contribution in [0.4, 0.5) is 0 Å². The average Bonchev–Trinajstić information content (AvgIpc) is 2.47. The largest absolute Gasteiger partial charge is 0.353 e. The zero-order chi connectivity index (χ0) is 14.5. The number of halogens is 1. The van der Waals surface area contributed by atoms with Crippen molar-refractivity contribution in [3.63, 3.8) is 0 Å². The maximum absolute atomic E-state index is 11.4. The number of hydrogen-bond donors (Lipinski definition) is 0. The summed E-state index contributed by atoms with van der Waals surface area (Å²) in [7, 11) is 0. The van der Waals surface area contributed by atoms with Crippen molar-refractivity contribution < 1.29 is 14.3 Å². The minimum absolute atomic E-state index is 0.00856. The van der Waals surface area contributed by atoms with Crippen LogP contribution >= 0.6 is 23.4 Å². The van der Waals surface area contributed by atoms with Crippen molar-refractivity contribution in [1.82, 2.24) is 4.90 Å². The number of hydrogen-bond acceptors (Lipinski definition) is 4. The highest BCUT2D eigenvalue weighted by molar-refractivity contribution is 8.13. The van der Waals surface area contributed by atoms with Gasteiger partial charge in [0.25, 0.3) is 0 Å².